The van der Waals surface area contributed by atoms with Crippen LogP contribution < -0.4 is 0 Å². The van der Waals surface area contributed by atoms with Crippen molar-refractivity contribution < 1.29 is 31.5 Å². The SMILES string of the molecule is CCCCCCCCCCCCO[C@H]1O[C@H]([C@@H](CN(C)Cc2ccccc2)OS(C)(=O)=O)[C@@H]2OC(C)(C)O[C@H]12. The van der Waals surface area contributed by atoms with E-state index in [1.807, 2.05) is 56.1 Å². The molecular weight excluding hydrogens is 518 g/mol. The maximum atomic E-state index is 12.2. The van der Waals surface area contributed by atoms with E-state index in [4.69, 9.17) is 23.1 Å². The van der Waals surface area contributed by atoms with Crippen LogP contribution in [-0.4, -0.2) is 76.3 Å². The Morgan fingerprint density at radius 1 is 0.923 bits per heavy atom. The molecule has 3 rings (SSSR count). The van der Waals surface area contributed by atoms with Crippen LogP contribution in [0.1, 0.15) is 90.5 Å². The van der Waals surface area contributed by atoms with Gasteiger partial charge >= 0.3 is 0 Å². The third-order valence-corrected chi connectivity index (χ3v) is 7.88. The Hall–Kier alpha value is -1.07. The van der Waals surface area contributed by atoms with E-state index in [1.165, 1.54) is 51.4 Å². The highest BCUT2D eigenvalue weighted by Crippen LogP contribution is 2.41. The predicted molar refractivity (Wildman–Crippen MR) is 153 cm³/mol. The molecule has 2 saturated heterocycles. The monoisotopic (exact) mass is 569 g/mol. The molecule has 2 aliphatic rings. The van der Waals surface area contributed by atoms with Gasteiger partial charge in [0.2, 0.25) is 0 Å². The zero-order chi connectivity index (χ0) is 28.3. The topological polar surface area (TPSA) is 83.5 Å². The zero-order valence-electron chi connectivity index (χ0n) is 24.7. The first-order chi connectivity index (χ1) is 18.6. The fourth-order valence-corrected chi connectivity index (χ4v) is 6.11. The first-order valence-electron chi connectivity index (χ1n) is 14.8. The smallest absolute Gasteiger partial charge is 0.264 e. The molecule has 1 aromatic rings. The van der Waals surface area contributed by atoms with Gasteiger partial charge in [-0.05, 0) is 32.9 Å². The highest BCUT2D eigenvalue weighted by molar-refractivity contribution is 7.86. The molecule has 2 aliphatic heterocycles. The Bertz CT molecular complexity index is 926. The second kappa shape index (κ2) is 15.8. The molecule has 0 amide bonds. The lowest BCUT2D eigenvalue weighted by molar-refractivity contribution is -0.242. The Kier molecular flexibility index (Phi) is 13.1. The second-order valence-corrected chi connectivity index (χ2v) is 13.2. The van der Waals surface area contributed by atoms with Gasteiger partial charge in [0.25, 0.3) is 10.1 Å². The first kappa shape index (κ1) is 32.4. The highest BCUT2D eigenvalue weighted by Gasteiger charge is 2.58. The quantitative estimate of drug-likeness (QED) is 0.156. The fourth-order valence-electron chi connectivity index (χ4n) is 5.49. The van der Waals surface area contributed by atoms with Gasteiger partial charge in [-0.2, -0.15) is 8.42 Å². The Morgan fingerprint density at radius 3 is 2.13 bits per heavy atom. The van der Waals surface area contributed by atoms with Crippen LogP contribution in [0.2, 0.25) is 0 Å². The molecule has 2 fully saturated rings. The van der Waals surface area contributed by atoms with E-state index in [-0.39, 0.29) is 0 Å². The van der Waals surface area contributed by atoms with Gasteiger partial charge in [-0.25, -0.2) is 0 Å². The van der Waals surface area contributed by atoms with Crippen molar-refractivity contribution in [1.29, 1.82) is 0 Å². The number of ether oxygens (including phenoxy) is 4. The molecule has 0 radical (unpaired) electrons. The van der Waals surface area contributed by atoms with Gasteiger partial charge in [0.1, 0.15) is 24.4 Å². The lowest BCUT2D eigenvalue weighted by Crippen LogP contribution is -2.46. The lowest BCUT2D eigenvalue weighted by atomic mass is 10.1. The number of fused-ring (bicyclic) bond motifs is 1. The predicted octanol–water partition coefficient (Wildman–Crippen LogP) is 5.65. The zero-order valence-corrected chi connectivity index (χ0v) is 25.5. The largest absolute Gasteiger partial charge is 0.350 e. The summed E-state index contributed by atoms with van der Waals surface area (Å²) in [5.74, 6) is -0.818. The molecule has 0 aromatic heterocycles. The van der Waals surface area contributed by atoms with E-state index in [0.29, 0.717) is 19.7 Å². The summed E-state index contributed by atoms with van der Waals surface area (Å²) in [4.78, 5) is 2.03. The van der Waals surface area contributed by atoms with Gasteiger partial charge in [-0.15, -0.1) is 0 Å². The molecule has 39 heavy (non-hydrogen) atoms. The molecule has 0 unspecified atom stereocenters. The van der Waals surface area contributed by atoms with Crippen molar-refractivity contribution in [2.24, 2.45) is 0 Å². The summed E-state index contributed by atoms with van der Waals surface area (Å²) in [6.07, 6.45) is 10.6. The van der Waals surface area contributed by atoms with E-state index >= 15 is 0 Å². The molecule has 0 spiro atoms. The second-order valence-electron chi connectivity index (χ2n) is 11.6. The number of benzene rings is 1. The molecule has 1 aromatic carbocycles. The van der Waals surface area contributed by atoms with Gasteiger partial charge in [-0.1, -0.05) is 95.0 Å². The standard InChI is InChI=1S/C30H51NO7S/c1-6-7-8-9-10-11-12-13-14-18-21-34-29-28-27(36-30(2,3)37-28)26(35-29)25(38-39(5,32)33)23-31(4)22-24-19-16-15-17-20-24/h15-17,19-20,25-29H,6-14,18,21-23H2,1-5H3/t25-,26-,27+,28+,29+/m1/s1. The van der Waals surface area contributed by atoms with Crippen LogP contribution in [0.5, 0.6) is 0 Å². The van der Waals surface area contributed by atoms with Crippen molar-refractivity contribution >= 4 is 10.1 Å². The van der Waals surface area contributed by atoms with Crippen LogP contribution in [0, 0.1) is 0 Å². The van der Waals surface area contributed by atoms with E-state index in [0.717, 1.165) is 24.7 Å². The Balaban J connectivity index is 1.53. The van der Waals surface area contributed by atoms with Gasteiger partial charge in [0.15, 0.2) is 12.1 Å². The van der Waals surface area contributed by atoms with Crippen molar-refractivity contribution in [2.75, 3.05) is 26.5 Å². The molecule has 5 atom stereocenters. The van der Waals surface area contributed by atoms with Crippen LogP contribution in [0.4, 0.5) is 0 Å². The molecule has 0 N–H and O–H groups in total. The summed E-state index contributed by atoms with van der Waals surface area (Å²) >= 11 is 0. The van der Waals surface area contributed by atoms with Crippen molar-refractivity contribution in [2.45, 2.75) is 128 Å². The summed E-state index contributed by atoms with van der Waals surface area (Å²) in [5.41, 5.74) is 1.13. The van der Waals surface area contributed by atoms with Crippen molar-refractivity contribution in [1.82, 2.24) is 4.90 Å². The number of hydrogen-bond donors (Lipinski definition) is 0. The summed E-state index contributed by atoms with van der Waals surface area (Å²) in [7, 11) is -1.80. The maximum Gasteiger partial charge on any atom is 0.264 e. The van der Waals surface area contributed by atoms with Crippen molar-refractivity contribution in [3.05, 3.63) is 35.9 Å². The summed E-state index contributed by atoms with van der Waals surface area (Å²) in [6.45, 7) is 7.51. The van der Waals surface area contributed by atoms with Gasteiger partial charge in [0, 0.05) is 19.7 Å². The van der Waals surface area contributed by atoms with E-state index in [1.54, 1.807) is 0 Å². The highest BCUT2D eigenvalue weighted by atomic mass is 32.2. The van der Waals surface area contributed by atoms with Crippen molar-refractivity contribution in [3.63, 3.8) is 0 Å². The van der Waals surface area contributed by atoms with E-state index in [9.17, 15) is 8.42 Å². The Morgan fingerprint density at radius 2 is 1.51 bits per heavy atom. The third kappa shape index (κ3) is 11.4. The molecule has 0 saturated carbocycles. The summed E-state index contributed by atoms with van der Waals surface area (Å²) in [6, 6.07) is 10.0. The molecule has 2 heterocycles. The molecule has 8 nitrogen and oxygen atoms in total. The van der Waals surface area contributed by atoms with Gasteiger partial charge in [0.05, 0.1) is 6.26 Å². The average molecular weight is 570 g/mol. The van der Waals surface area contributed by atoms with Crippen LogP contribution in [0.15, 0.2) is 30.3 Å². The van der Waals surface area contributed by atoms with Gasteiger partial charge in [-0.3, -0.25) is 9.08 Å². The van der Waals surface area contributed by atoms with Crippen molar-refractivity contribution in [3.8, 4) is 0 Å². The molecule has 0 aliphatic carbocycles. The number of unbranched alkanes of at least 4 members (excludes halogenated alkanes) is 9. The molecule has 0 bridgehead atoms. The first-order valence-corrected chi connectivity index (χ1v) is 16.6. The van der Waals surface area contributed by atoms with Crippen LogP contribution >= 0.6 is 0 Å². The lowest BCUT2D eigenvalue weighted by Gasteiger charge is -2.30. The summed E-state index contributed by atoms with van der Waals surface area (Å²) in [5, 5.41) is 0. The fraction of sp³-hybridized carbons (Fsp3) is 0.800. The molecule has 9 heteroatoms. The molecule has 224 valence electrons. The van der Waals surface area contributed by atoms with Gasteiger partial charge < -0.3 is 18.9 Å². The van der Waals surface area contributed by atoms with Crippen LogP contribution in [-0.2, 0) is 39.8 Å². The minimum atomic E-state index is -3.74. The number of hydrogen-bond acceptors (Lipinski definition) is 8. The number of likely N-dealkylation sites (N-methyl/N-ethyl adjacent to an activating group) is 1. The minimum Gasteiger partial charge on any atom is -0.350 e. The third-order valence-electron chi connectivity index (χ3n) is 7.28. The summed E-state index contributed by atoms with van der Waals surface area (Å²) < 4.78 is 54.8. The van der Waals surface area contributed by atoms with E-state index < -0.39 is 46.6 Å². The number of nitrogens with zero attached hydrogens (tertiary/aromatic N) is 1. The maximum absolute atomic E-state index is 12.2. The minimum absolute atomic E-state index is 0.338. The Labute approximate surface area is 236 Å². The van der Waals surface area contributed by atoms with Crippen LogP contribution in [0.25, 0.3) is 0 Å². The number of rotatable bonds is 19. The van der Waals surface area contributed by atoms with Crippen LogP contribution in [0.3, 0.4) is 0 Å². The average Bonchev–Trinajstić information content (AvgIpc) is 3.35. The van der Waals surface area contributed by atoms with E-state index in [2.05, 4.69) is 6.92 Å². The normalized spacial score (nSPS) is 25.3. The molecular formula is C30H51NO7S.